The number of hydrogen-bond donors (Lipinski definition) is 1. The lowest BCUT2D eigenvalue weighted by Crippen LogP contribution is -2.43. The van der Waals surface area contributed by atoms with Gasteiger partial charge in [-0.25, -0.2) is 0 Å². The van der Waals surface area contributed by atoms with Gasteiger partial charge in [-0.1, -0.05) is 20.3 Å². The summed E-state index contributed by atoms with van der Waals surface area (Å²) in [4.78, 5) is 2.57. The Bertz CT molecular complexity index is 193. The van der Waals surface area contributed by atoms with Gasteiger partial charge in [0.2, 0.25) is 0 Å². The van der Waals surface area contributed by atoms with Gasteiger partial charge in [0.1, 0.15) is 0 Å². The van der Waals surface area contributed by atoms with Crippen molar-refractivity contribution in [2.45, 2.75) is 52.5 Å². The van der Waals surface area contributed by atoms with Gasteiger partial charge in [0.15, 0.2) is 0 Å². The van der Waals surface area contributed by atoms with Crippen LogP contribution in [0.25, 0.3) is 0 Å². The van der Waals surface area contributed by atoms with Crippen molar-refractivity contribution >= 4 is 0 Å². The predicted octanol–water partition coefficient (Wildman–Crippen LogP) is 2.74. The Morgan fingerprint density at radius 2 is 2.06 bits per heavy atom. The van der Waals surface area contributed by atoms with Gasteiger partial charge >= 0.3 is 0 Å². The summed E-state index contributed by atoms with van der Waals surface area (Å²) in [6.07, 6.45) is 5.49. The van der Waals surface area contributed by atoms with E-state index in [4.69, 9.17) is 0 Å². The summed E-state index contributed by atoms with van der Waals surface area (Å²) < 4.78 is 0. The van der Waals surface area contributed by atoms with Gasteiger partial charge in [0.05, 0.1) is 0 Å². The number of rotatable bonds is 8. The van der Waals surface area contributed by atoms with E-state index in [9.17, 15) is 0 Å². The van der Waals surface area contributed by atoms with Crippen molar-refractivity contribution in [2.75, 3.05) is 27.2 Å². The van der Waals surface area contributed by atoms with E-state index < -0.39 is 0 Å². The maximum Gasteiger partial charge on any atom is 0.00923 e. The van der Waals surface area contributed by atoms with E-state index in [1.165, 1.54) is 32.2 Å². The van der Waals surface area contributed by atoms with Gasteiger partial charge in [-0.05, 0) is 51.6 Å². The second-order valence-corrected chi connectivity index (χ2v) is 6.08. The molecule has 0 aliphatic heterocycles. The number of hydrogen-bond acceptors (Lipinski definition) is 2. The average Bonchev–Trinajstić information content (AvgIpc) is 3.00. The summed E-state index contributed by atoms with van der Waals surface area (Å²) in [6, 6.07) is 0.771. The first-order valence-corrected chi connectivity index (χ1v) is 6.87. The van der Waals surface area contributed by atoms with E-state index in [2.05, 4.69) is 45.1 Å². The third-order valence-electron chi connectivity index (χ3n) is 4.09. The minimum atomic E-state index is 0.432. The molecule has 1 aliphatic carbocycles. The number of nitrogens with one attached hydrogen (secondary N) is 1. The third kappa shape index (κ3) is 4.06. The van der Waals surface area contributed by atoms with Crippen LogP contribution in [0.4, 0.5) is 0 Å². The average molecular weight is 226 g/mol. The van der Waals surface area contributed by atoms with Crippen LogP contribution in [0.15, 0.2) is 0 Å². The van der Waals surface area contributed by atoms with E-state index in [0.717, 1.165) is 18.5 Å². The van der Waals surface area contributed by atoms with Gasteiger partial charge in [0, 0.05) is 19.1 Å². The lowest BCUT2D eigenvalue weighted by Gasteiger charge is -2.36. The van der Waals surface area contributed by atoms with Crippen LogP contribution >= 0.6 is 0 Å². The Morgan fingerprint density at radius 1 is 1.44 bits per heavy atom. The zero-order valence-corrected chi connectivity index (χ0v) is 11.8. The third-order valence-corrected chi connectivity index (χ3v) is 4.09. The molecule has 2 unspecified atom stereocenters. The Labute approximate surface area is 102 Å². The zero-order chi connectivity index (χ0) is 12.2. The van der Waals surface area contributed by atoms with Crippen LogP contribution in [0.3, 0.4) is 0 Å². The quantitative estimate of drug-likeness (QED) is 0.684. The summed E-state index contributed by atoms with van der Waals surface area (Å²) >= 11 is 0. The highest BCUT2D eigenvalue weighted by Crippen LogP contribution is 2.36. The molecule has 0 spiro atoms. The molecule has 0 bridgehead atoms. The first-order chi connectivity index (χ1) is 7.52. The molecule has 1 aliphatic rings. The van der Waals surface area contributed by atoms with Crippen molar-refractivity contribution in [3.63, 3.8) is 0 Å². The molecule has 1 rings (SSSR count). The van der Waals surface area contributed by atoms with Crippen LogP contribution in [0.2, 0.25) is 0 Å². The summed E-state index contributed by atoms with van der Waals surface area (Å²) in [5.41, 5.74) is 0.432. The van der Waals surface area contributed by atoms with Crippen molar-refractivity contribution in [1.82, 2.24) is 10.2 Å². The Hall–Kier alpha value is -0.0800. The van der Waals surface area contributed by atoms with Crippen LogP contribution in [-0.2, 0) is 0 Å². The second-order valence-electron chi connectivity index (χ2n) is 6.08. The SMILES string of the molecule is CCCC(C)(CNC)CN(C)C(C)C1CC1. The maximum absolute atomic E-state index is 3.36. The van der Waals surface area contributed by atoms with E-state index in [0.29, 0.717) is 5.41 Å². The highest BCUT2D eigenvalue weighted by Gasteiger charge is 2.33. The van der Waals surface area contributed by atoms with Crippen LogP contribution in [0.5, 0.6) is 0 Å². The first kappa shape index (κ1) is 14.0. The molecule has 2 heteroatoms. The summed E-state index contributed by atoms with van der Waals surface area (Å²) in [5, 5.41) is 3.36. The smallest absolute Gasteiger partial charge is 0.00923 e. The van der Waals surface area contributed by atoms with Crippen molar-refractivity contribution in [3.05, 3.63) is 0 Å². The molecule has 2 atom stereocenters. The molecule has 16 heavy (non-hydrogen) atoms. The van der Waals surface area contributed by atoms with E-state index >= 15 is 0 Å². The minimum absolute atomic E-state index is 0.432. The summed E-state index contributed by atoms with van der Waals surface area (Å²) in [7, 11) is 4.37. The minimum Gasteiger partial charge on any atom is -0.319 e. The molecule has 2 nitrogen and oxygen atoms in total. The van der Waals surface area contributed by atoms with Crippen LogP contribution in [-0.4, -0.2) is 38.1 Å². The molecule has 0 heterocycles. The Kier molecular flexibility index (Phi) is 5.26. The highest BCUT2D eigenvalue weighted by molar-refractivity contribution is 4.87. The van der Waals surface area contributed by atoms with Crippen molar-refractivity contribution in [2.24, 2.45) is 11.3 Å². The fraction of sp³-hybridized carbons (Fsp3) is 1.00. The first-order valence-electron chi connectivity index (χ1n) is 6.87. The van der Waals surface area contributed by atoms with E-state index in [1.807, 2.05) is 0 Å². The molecule has 0 radical (unpaired) electrons. The highest BCUT2D eigenvalue weighted by atomic mass is 15.1. The molecule has 96 valence electrons. The van der Waals surface area contributed by atoms with Gasteiger partial charge in [0.25, 0.3) is 0 Å². The van der Waals surface area contributed by atoms with Crippen molar-refractivity contribution < 1.29 is 0 Å². The van der Waals surface area contributed by atoms with Crippen LogP contribution in [0, 0.1) is 11.3 Å². The molecule has 0 amide bonds. The normalized spacial score (nSPS) is 22.1. The van der Waals surface area contributed by atoms with Gasteiger partial charge in [-0.2, -0.15) is 0 Å². The monoisotopic (exact) mass is 226 g/mol. The predicted molar refractivity (Wildman–Crippen MR) is 71.8 cm³/mol. The van der Waals surface area contributed by atoms with Gasteiger partial charge in [-0.15, -0.1) is 0 Å². The van der Waals surface area contributed by atoms with Crippen LogP contribution in [0.1, 0.15) is 46.5 Å². The lowest BCUT2D eigenvalue weighted by atomic mass is 9.84. The van der Waals surface area contributed by atoms with Crippen molar-refractivity contribution in [3.8, 4) is 0 Å². The van der Waals surface area contributed by atoms with Gasteiger partial charge < -0.3 is 10.2 Å². The molecule has 0 aromatic rings. The zero-order valence-electron chi connectivity index (χ0n) is 11.8. The molecule has 0 saturated heterocycles. The standard InChI is InChI=1S/C14H30N2/c1-6-9-14(3,10-15-4)11-16(5)12(2)13-7-8-13/h12-13,15H,6-11H2,1-5H3. The molecule has 1 fully saturated rings. The lowest BCUT2D eigenvalue weighted by molar-refractivity contribution is 0.134. The Balaban J connectivity index is 2.45. The Morgan fingerprint density at radius 3 is 2.50 bits per heavy atom. The molecular weight excluding hydrogens is 196 g/mol. The molecule has 0 aromatic heterocycles. The fourth-order valence-corrected chi connectivity index (χ4v) is 2.94. The topological polar surface area (TPSA) is 15.3 Å². The number of nitrogens with zero attached hydrogens (tertiary/aromatic N) is 1. The summed E-state index contributed by atoms with van der Waals surface area (Å²) in [5.74, 6) is 0.977. The largest absolute Gasteiger partial charge is 0.319 e. The van der Waals surface area contributed by atoms with E-state index in [1.54, 1.807) is 0 Å². The summed E-state index contributed by atoms with van der Waals surface area (Å²) in [6.45, 7) is 9.45. The fourth-order valence-electron chi connectivity index (χ4n) is 2.94. The van der Waals surface area contributed by atoms with Crippen molar-refractivity contribution in [1.29, 1.82) is 0 Å². The second kappa shape index (κ2) is 6.02. The maximum atomic E-state index is 3.36. The molecular formula is C14H30N2. The van der Waals surface area contributed by atoms with Crippen LogP contribution < -0.4 is 5.32 Å². The molecule has 0 aromatic carbocycles. The van der Waals surface area contributed by atoms with E-state index in [-0.39, 0.29) is 0 Å². The molecule has 1 saturated carbocycles. The molecule has 1 N–H and O–H groups in total. The van der Waals surface area contributed by atoms with Gasteiger partial charge in [-0.3, -0.25) is 0 Å².